The number of amides is 1. The van der Waals surface area contributed by atoms with Crippen molar-refractivity contribution < 1.29 is 4.79 Å². The van der Waals surface area contributed by atoms with Gasteiger partial charge in [-0.3, -0.25) is 4.79 Å². The molecule has 0 unspecified atom stereocenters. The van der Waals surface area contributed by atoms with E-state index in [4.69, 9.17) is 11.6 Å². The highest BCUT2D eigenvalue weighted by atomic mass is 35.5. The molecule has 0 atom stereocenters. The molecule has 4 heteroatoms. The van der Waals surface area contributed by atoms with E-state index < -0.39 is 0 Å². The van der Waals surface area contributed by atoms with Gasteiger partial charge in [0.15, 0.2) is 0 Å². The Morgan fingerprint density at radius 1 is 1.38 bits per heavy atom. The van der Waals surface area contributed by atoms with Crippen molar-refractivity contribution in [1.82, 2.24) is 0 Å². The second-order valence-corrected chi connectivity index (χ2v) is 5.43. The molecule has 1 aromatic rings. The Hall–Kier alpha value is -0.670. The Morgan fingerprint density at radius 2 is 2.00 bits per heavy atom. The monoisotopic (exact) mass is 257 g/mol. The largest absolute Gasteiger partial charge is 0.325 e. The molecule has 16 heavy (non-hydrogen) atoms. The normalized spacial score (nSPS) is 10.5. The Kier molecular flexibility index (Phi) is 5.71. The third-order valence-corrected chi connectivity index (χ3v) is 3.43. The number of hydrogen-bond donors (Lipinski definition) is 1. The average Bonchev–Trinajstić information content (AvgIpc) is 2.21. The van der Waals surface area contributed by atoms with Crippen molar-refractivity contribution in [2.75, 3.05) is 16.8 Å². The summed E-state index contributed by atoms with van der Waals surface area (Å²) < 4.78 is 0. The van der Waals surface area contributed by atoms with Crippen LogP contribution in [0.5, 0.6) is 0 Å². The van der Waals surface area contributed by atoms with E-state index in [1.807, 2.05) is 0 Å². The molecule has 0 heterocycles. The lowest BCUT2D eigenvalue weighted by Gasteiger charge is -2.06. The molecule has 0 saturated carbocycles. The molecule has 0 aliphatic heterocycles. The Bertz CT molecular complexity index is 337. The number of carbonyl (C=O) groups excluding carboxylic acids is 1. The Morgan fingerprint density at radius 3 is 2.56 bits per heavy atom. The molecular formula is C12H16ClNOS. The minimum Gasteiger partial charge on any atom is -0.325 e. The summed E-state index contributed by atoms with van der Waals surface area (Å²) in [5.74, 6) is 2.16. The number of anilines is 1. The van der Waals surface area contributed by atoms with Crippen molar-refractivity contribution in [3.8, 4) is 0 Å². The van der Waals surface area contributed by atoms with Crippen LogP contribution >= 0.6 is 23.4 Å². The van der Waals surface area contributed by atoms with Crippen LogP contribution in [0.3, 0.4) is 0 Å². The molecule has 0 fully saturated rings. The third-order valence-electron chi connectivity index (χ3n) is 1.81. The molecule has 1 rings (SSSR count). The lowest BCUT2D eigenvalue weighted by molar-refractivity contribution is -0.113. The first-order chi connectivity index (χ1) is 7.58. The van der Waals surface area contributed by atoms with Crippen molar-refractivity contribution in [1.29, 1.82) is 0 Å². The molecule has 0 aromatic heterocycles. The number of rotatable bonds is 5. The van der Waals surface area contributed by atoms with E-state index in [1.165, 1.54) is 0 Å². The first kappa shape index (κ1) is 13.4. The summed E-state index contributed by atoms with van der Waals surface area (Å²) in [7, 11) is 0. The average molecular weight is 258 g/mol. The Labute approximate surface area is 106 Å². The van der Waals surface area contributed by atoms with Gasteiger partial charge in [0.05, 0.1) is 5.75 Å². The fourth-order valence-corrected chi connectivity index (χ4v) is 2.09. The van der Waals surface area contributed by atoms with Crippen LogP contribution in [-0.4, -0.2) is 17.4 Å². The van der Waals surface area contributed by atoms with Gasteiger partial charge in [0, 0.05) is 10.7 Å². The zero-order valence-electron chi connectivity index (χ0n) is 9.50. The van der Waals surface area contributed by atoms with Crippen LogP contribution in [0.15, 0.2) is 24.3 Å². The summed E-state index contributed by atoms with van der Waals surface area (Å²) in [5, 5.41) is 3.50. The van der Waals surface area contributed by atoms with E-state index in [0.29, 0.717) is 16.7 Å². The van der Waals surface area contributed by atoms with E-state index in [-0.39, 0.29) is 5.91 Å². The predicted molar refractivity (Wildman–Crippen MR) is 72.2 cm³/mol. The molecule has 1 aromatic carbocycles. The number of carbonyl (C=O) groups is 1. The first-order valence-corrected chi connectivity index (χ1v) is 6.74. The zero-order chi connectivity index (χ0) is 12.0. The van der Waals surface area contributed by atoms with Gasteiger partial charge in [-0.15, -0.1) is 0 Å². The Balaban J connectivity index is 2.31. The fraction of sp³-hybridized carbons (Fsp3) is 0.417. The highest BCUT2D eigenvalue weighted by molar-refractivity contribution is 7.99. The summed E-state index contributed by atoms with van der Waals surface area (Å²) in [4.78, 5) is 11.5. The maximum atomic E-state index is 11.5. The van der Waals surface area contributed by atoms with Crippen molar-refractivity contribution in [3.63, 3.8) is 0 Å². The molecule has 1 N–H and O–H groups in total. The molecule has 0 aliphatic carbocycles. The number of benzene rings is 1. The van der Waals surface area contributed by atoms with Crippen molar-refractivity contribution in [2.45, 2.75) is 13.8 Å². The smallest absolute Gasteiger partial charge is 0.234 e. The second-order valence-electron chi connectivity index (χ2n) is 3.96. The number of thioether (sulfide) groups is 1. The van der Waals surface area contributed by atoms with Gasteiger partial charge in [0.1, 0.15) is 0 Å². The lowest BCUT2D eigenvalue weighted by atomic mass is 10.3. The quantitative estimate of drug-likeness (QED) is 0.872. The topological polar surface area (TPSA) is 29.1 Å². The maximum absolute atomic E-state index is 11.5. The van der Waals surface area contributed by atoms with E-state index in [1.54, 1.807) is 36.0 Å². The highest BCUT2D eigenvalue weighted by Crippen LogP contribution is 2.14. The summed E-state index contributed by atoms with van der Waals surface area (Å²) in [5.41, 5.74) is 0.791. The van der Waals surface area contributed by atoms with Crippen LogP contribution in [0.25, 0.3) is 0 Å². The van der Waals surface area contributed by atoms with Gasteiger partial charge in [0.2, 0.25) is 5.91 Å². The summed E-state index contributed by atoms with van der Waals surface area (Å²) in [6, 6.07) is 7.12. The number of hydrogen-bond acceptors (Lipinski definition) is 2. The predicted octanol–water partition coefficient (Wildman–Crippen LogP) is 3.67. The molecule has 0 aliphatic rings. The van der Waals surface area contributed by atoms with Gasteiger partial charge in [-0.1, -0.05) is 25.4 Å². The van der Waals surface area contributed by atoms with Crippen molar-refractivity contribution >= 4 is 35.0 Å². The molecule has 0 saturated heterocycles. The second kappa shape index (κ2) is 6.81. The molecule has 88 valence electrons. The lowest BCUT2D eigenvalue weighted by Crippen LogP contribution is -2.14. The van der Waals surface area contributed by atoms with Crippen LogP contribution in [0.2, 0.25) is 5.02 Å². The SMILES string of the molecule is CC(C)CSCC(=O)Nc1ccc(Cl)cc1. The van der Waals surface area contributed by atoms with Crippen molar-refractivity contribution in [3.05, 3.63) is 29.3 Å². The summed E-state index contributed by atoms with van der Waals surface area (Å²) in [6.45, 7) is 4.29. The van der Waals surface area contributed by atoms with Gasteiger partial charge in [0.25, 0.3) is 0 Å². The third kappa shape index (κ3) is 5.42. The highest BCUT2D eigenvalue weighted by Gasteiger charge is 2.03. The van der Waals surface area contributed by atoms with Crippen LogP contribution < -0.4 is 5.32 Å². The van der Waals surface area contributed by atoms with Crippen LogP contribution in [0, 0.1) is 5.92 Å². The molecule has 0 bridgehead atoms. The molecule has 0 radical (unpaired) electrons. The van der Waals surface area contributed by atoms with E-state index in [2.05, 4.69) is 19.2 Å². The fourth-order valence-electron chi connectivity index (χ4n) is 1.12. The summed E-state index contributed by atoms with van der Waals surface area (Å²) in [6.07, 6.45) is 0. The van der Waals surface area contributed by atoms with Crippen molar-refractivity contribution in [2.24, 2.45) is 5.92 Å². The van der Waals surface area contributed by atoms with E-state index in [9.17, 15) is 4.79 Å². The molecule has 2 nitrogen and oxygen atoms in total. The van der Waals surface area contributed by atoms with Gasteiger partial charge in [-0.05, 0) is 35.9 Å². The van der Waals surface area contributed by atoms with Crippen LogP contribution in [0.4, 0.5) is 5.69 Å². The van der Waals surface area contributed by atoms with Gasteiger partial charge in [-0.2, -0.15) is 11.8 Å². The first-order valence-electron chi connectivity index (χ1n) is 5.21. The maximum Gasteiger partial charge on any atom is 0.234 e. The number of halogens is 1. The molecule has 0 spiro atoms. The molecular weight excluding hydrogens is 242 g/mol. The molecule has 1 amide bonds. The van der Waals surface area contributed by atoms with Crippen LogP contribution in [-0.2, 0) is 4.79 Å². The van der Waals surface area contributed by atoms with Gasteiger partial charge < -0.3 is 5.32 Å². The van der Waals surface area contributed by atoms with Crippen LogP contribution in [0.1, 0.15) is 13.8 Å². The standard InChI is InChI=1S/C12H16ClNOS/c1-9(2)7-16-8-12(15)14-11-5-3-10(13)4-6-11/h3-6,9H,7-8H2,1-2H3,(H,14,15). The van der Waals surface area contributed by atoms with Gasteiger partial charge in [-0.25, -0.2) is 0 Å². The zero-order valence-corrected chi connectivity index (χ0v) is 11.1. The summed E-state index contributed by atoms with van der Waals surface area (Å²) >= 11 is 7.40. The number of nitrogens with one attached hydrogen (secondary N) is 1. The minimum absolute atomic E-state index is 0.0352. The van der Waals surface area contributed by atoms with Gasteiger partial charge >= 0.3 is 0 Å². The minimum atomic E-state index is 0.0352. The van der Waals surface area contributed by atoms with E-state index >= 15 is 0 Å². The van der Waals surface area contributed by atoms with E-state index in [0.717, 1.165) is 11.4 Å².